The lowest BCUT2D eigenvalue weighted by Gasteiger charge is -2.39. The summed E-state index contributed by atoms with van der Waals surface area (Å²) in [5, 5.41) is 3.92. The summed E-state index contributed by atoms with van der Waals surface area (Å²) >= 11 is 5.96. The zero-order valence-electron chi connectivity index (χ0n) is 16.0. The second-order valence-corrected chi connectivity index (χ2v) is 8.02. The number of hydrogen-bond acceptors (Lipinski definition) is 6. The Morgan fingerprint density at radius 1 is 1.07 bits per heavy atom. The quantitative estimate of drug-likeness (QED) is 0.580. The first kappa shape index (κ1) is 20.0. The summed E-state index contributed by atoms with van der Waals surface area (Å²) in [7, 11) is 0. The molecule has 2 aliphatic heterocycles. The summed E-state index contributed by atoms with van der Waals surface area (Å²) in [6, 6.07) is 15.8. The minimum absolute atomic E-state index is 0.233. The van der Waals surface area contributed by atoms with Crippen molar-refractivity contribution in [2.24, 2.45) is 5.92 Å². The number of likely N-dealkylation sites (tertiary alicyclic amines) is 1. The molecule has 2 aromatic rings. The normalized spacial score (nSPS) is 23.6. The number of piperidine rings is 1. The van der Waals surface area contributed by atoms with E-state index >= 15 is 0 Å². The van der Waals surface area contributed by atoms with Gasteiger partial charge < -0.3 is 4.84 Å². The van der Waals surface area contributed by atoms with Crippen molar-refractivity contribution in [3.63, 3.8) is 0 Å². The summed E-state index contributed by atoms with van der Waals surface area (Å²) in [6.45, 7) is 2.77. The highest BCUT2D eigenvalue weighted by Gasteiger charge is 2.39. The maximum atomic E-state index is 12.7. The number of carbonyl (C=O) groups excluding carboxylic acids is 2. The van der Waals surface area contributed by atoms with Crippen LogP contribution in [0.15, 0.2) is 54.6 Å². The summed E-state index contributed by atoms with van der Waals surface area (Å²) in [5.74, 6) is -0.576. The van der Waals surface area contributed by atoms with Crippen LogP contribution in [0.5, 0.6) is 0 Å². The molecule has 2 aromatic carbocycles. The Morgan fingerprint density at radius 3 is 2.45 bits per heavy atom. The van der Waals surface area contributed by atoms with E-state index in [1.165, 1.54) is 5.56 Å². The summed E-state index contributed by atoms with van der Waals surface area (Å²) in [4.78, 5) is 32.4. The van der Waals surface area contributed by atoms with Crippen molar-refractivity contribution in [2.45, 2.75) is 31.6 Å². The SMILES string of the molecule is O=C1ONC(C2CCN(Cc3ccc(Cl)cc3)CC2)NC1C(=O)c1ccccc1. The van der Waals surface area contributed by atoms with Gasteiger partial charge in [0.2, 0.25) is 0 Å². The fourth-order valence-electron chi connectivity index (χ4n) is 3.94. The maximum Gasteiger partial charge on any atom is 0.350 e. The van der Waals surface area contributed by atoms with Crippen LogP contribution in [0, 0.1) is 5.92 Å². The van der Waals surface area contributed by atoms with Crippen LogP contribution >= 0.6 is 11.6 Å². The van der Waals surface area contributed by atoms with Gasteiger partial charge in [-0.2, -0.15) is 0 Å². The van der Waals surface area contributed by atoms with Crippen LogP contribution < -0.4 is 10.8 Å². The van der Waals surface area contributed by atoms with Crippen molar-refractivity contribution in [2.75, 3.05) is 13.1 Å². The fourth-order valence-corrected chi connectivity index (χ4v) is 4.06. The highest BCUT2D eigenvalue weighted by atomic mass is 35.5. The van der Waals surface area contributed by atoms with E-state index in [1.807, 2.05) is 18.2 Å². The molecule has 2 N–H and O–H groups in total. The number of hydroxylamine groups is 1. The molecule has 2 aliphatic rings. The summed E-state index contributed by atoms with van der Waals surface area (Å²) in [6.07, 6.45) is 1.66. The first-order chi connectivity index (χ1) is 14.1. The lowest BCUT2D eigenvalue weighted by Crippen LogP contribution is -2.63. The van der Waals surface area contributed by atoms with E-state index in [-0.39, 0.29) is 17.9 Å². The second-order valence-electron chi connectivity index (χ2n) is 7.59. The minimum atomic E-state index is -0.976. The monoisotopic (exact) mass is 413 g/mol. The van der Waals surface area contributed by atoms with Crippen molar-refractivity contribution in [3.8, 4) is 0 Å². The minimum Gasteiger partial charge on any atom is -0.367 e. The van der Waals surface area contributed by atoms with Crippen molar-refractivity contribution >= 4 is 23.4 Å². The molecule has 0 aliphatic carbocycles. The molecule has 0 amide bonds. The molecule has 0 bridgehead atoms. The first-order valence-electron chi connectivity index (χ1n) is 9.88. The highest BCUT2D eigenvalue weighted by molar-refractivity contribution is 6.30. The highest BCUT2D eigenvalue weighted by Crippen LogP contribution is 2.23. The summed E-state index contributed by atoms with van der Waals surface area (Å²) < 4.78 is 0. The smallest absolute Gasteiger partial charge is 0.350 e. The number of rotatable bonds is 5. The molecule has 0 radical (unpaired) electrons. The Bertz CT molecular complexity index is 851. The Balaban J connectivity index is 1.33. The van der Waals surface area contributed by atoms with Crippen LogP contribution in [0.2, 0.25) is 5.02 Å². The Morgan fingerprint density at radius 2 is 1.76 bits per heavy atom. The first-order valence-corrected chi connectivity index (χ1v) is 10.3. The molecule has 0 saturated carbocycles. The maximum absolute atomic E-state index is 12.7. The fraction of sp³-hybridized carbons (Fsp3) is 0.364. The third kappa shape index (κ3) is 4.85. The zero-order chi connectivity index (χ0) is 20.2. The molecule has 152 valence electrons. The van der Waals surface area contributed by atoms with Gasteiger partial charge in [-0.25, -0.2) is 4.79 Å². The van der Waals surface area contributed by atoms with Gasteiger partial charge in [0.15, 0.2) is 11.8 Å². The molecule has 2 fully saturated rings. The number of Topliss-reactive ketones (excluding diaryl/α,β-unsaturated/α-hetero) is 1. The Kier molecular flexibility index (Phi) is 6.25. The van der Waals surface area contributed by atoms with Crippen molar-refractivity contribution in [1.29, 1.82) is 0 Å². The summed E-state index contributed by atoms with van der Waals surface area (Å²) in [5.41, 5.74) is 4.54. The van der Waals surface area contributed by atoms with Gasteiger partial charge in [0.25, 0.3) is 0 Å². The lowest BCUT2D eigenvalue weighted by atomic mass is 9.92. The lowest BCUT2D eigenvalue weighted by molar-refractivity contribution is -0.164. The zero-order valence-corrected chi connectivity index (χ0v) is 16.8. The standard InChI is InChI=1S/C22H24ClN3O3/c23-18-8-6-15(7-9-18)14-26-12-10-17(11-13-26)21-24-19(22(28)29-25-21)20(27)16-4-2-1-3-5-16/h1-9,17,19,21,24-25H,10-14H2. The average molecular weight is 414 g/mol. The average Bonchev–Trinajstić information content (AvgIpc) is 2.76. The molecule has 2 atom stereocenters. The number of nitrogens with zero attached hydrogens (tertiary/aromatic N) is 1. The number of halogens is 1. The van der Waals surface area contributed by atoms with E-state index in [0.717, 1.165) is 37.5 Å². The molecule has 4 rings (SSSR count). The second kappa shape index (κ2) is 9.05. The molecule has 2 saturated heterocycles. The van der Waals surface area contributed by atoms with Gasteiger partial charge in [-0.05, 0) is 49.5 Å². The molecule has 0 spiro atoms. The van der Waals surface area contributed by atoms with Crippen LogP contribution in [0.1, 0.15) is 28.8 Å². The van der Waals surface area contributed by atoms with Crippen LogP contribution in [-0.4, -0.2) is 41.9 Å². The van der Waals surface area contributed by atoms with E-state index in [0.29, 0.717) is 5.56 Å². The number of benzene rings is 2. The topological polar surface area (TPSA) is 70.7 Å². The van der Waals surface area contributed by atoms with E-state index in [4.69, 9.17) is 16.4 Å². The van der Waals surface area contributed by atoms with Crippen molar-refractivity contribution in [3.05, 3.63) is 70.7 Å². The predicted octanol–water partition coefficient (Wildman–Crippen LogP) is 2.78. The largest absolute Gasteiger partial charge is 0.367 e. The van der Waals surface area contributed by atoms with Crippen LogP contribution in [0.3, 0.4) is 0 Å². The molecule has 2 unspecified atom stereocenters. The molecule has 0 aromatic heterocycles. The van der Waals surface area contributed by atoms with Gasteiger partial charge >= 0.3 is 5.97 Å². The number of hydrogen-bond donors (Lipinski definition) is 2. The molecule has 7 heteroatoms. The Labute approximate surface area is 175 Å². The predicted molar refractivity (Wildman–Crippen MR) is 110 cm³/mol. The van der Waals surface area contributed by atoms with E-state index in [1.54, 1.807) is 24.3 Å². The molecule has 29 heavy (non-hydrogen) atoms. The van der Waals surface area contributed by atoms with Crippen molar-refractivity contribution < 1.29 is 14.4 Å². The Hall–Kier alpha value is -2.25. The van der Waals surface area contributed by atoms with Crippen LogP contribution in [-0.2, 0) is 16.2 Å². The number of ketones is 1. The van der Waals surface area contributed by atoms with Crippen LogP contribution in [0.4, 0.5) is 0 Å². The van der Waals surface area contributed by atoms with Gasteiger partial charge in [-0.15, -0.1) is 5.48 Å². The van der Waals surface area contributed by atoms with Gasteiger partial charge in [-0.3, -0.25) is 15.0 Å². The van der Waals surface area contributed by atoms with Crippen molar-refractivity contribution in [1.82, 2.24) is 15.7 Å². The molecular formula is C22H24ClN3O3. The van der Waals surface area contributed by atoms with E-state index in [9.17, 15) is 9.59 Å². The van der Waals surface area contributed by atoms with Gasteiger partial charge in [-0.1, -0.05) is 54.1 Å². The van der Waals surface area contributed by atoms with Gasteiger partial charge in [0.1, 0.15) is 0 Å². The molecular weight excluding hydrogens is 390 g/mol. The molecule has 2 heterocycles. The number of carbonyl (C=O) groups is 2. The van der Waals surface area contributed by atoms with E-state index < -0.39 is 12.0 Å². The van der Waals surface area contributed by atoms with Gasteiger partial charge in [0, 0.05) is 17.1 Å². The third-order valence-corrected chi connectivity index (χ3v) is 5.86. The third-order valence-electron chi connectivity index (χ3n) is 5.61. The number of nitrogens with one attached hydrogen (secondary N) is 2. The van der Waals surface area contributed by atoms with Crippen LogP contribution in [0.25, 0.3) is 0 Å². The van der Waals surface area contributed by atoms with Gasteiger partial charge in [0.05, 0.1) is 6.17 Å². The van der Waals surface area contributed by atoms with E-state index in [2.05, 4.69) is 27.8 Å². The molecule has 6 nitrogen and oxygen atoms in total.